The third-order valence-corrected chi connectivity index (χ3v) is 4.82. The zero-order valence-electron chi connectivity index (χ0n) is 9.27. The smallest absolute Gasteiger partial charge is 0.142 e. The molecule has 1 aliphatic rings. The number of rotatable bonds is 1. The Bertz CT molecular complexity index is 549. The van der Waals surface area contributed by atoms with Crippen LogP contribution in [0.5, 0.6) is 5.75 Å². The average molecular weight is 313 g/mol. The fourth-order valence-electron chi connectivity index (χ4n) is 2.34. The summed E-state index contributed by atoms with van der Waals surface area (Å²) < 4.78 is 2.75. The van der Waals surface area contributed by atoms with Crippen LogP contribution in [0, 0.1) is 0 Å². The number of hydrogen-bond acceptors (Lipinski definition) is 3. The third kappa shape index (κ3) is 1.95. The van der Waals surface area contributed by atoms with E-state index in [-0.39, 0.29) is 5.75 Å². The summed E-state index contributed by atoms with van der Waals surface area (Å²) >= 11 is 5.45. The Kier molecular flexibility index (Phi) is 3.04. The number of aromatic hydroxyl groups is 1. The molecule has 0 aliphatic carbocycles. The van der Waals surface area contributed by atoms with Gasteiger partial charge in [-0.05, 0) is 52.4 Å². The number of pyridine rings is 1. The maximum atomic E-state index is 9.87. The molecule has 0 atom stereocenters. The zero-order chi connectivity index (χ0) is 11.8. The lowest BCUT2D eigenvalue weighted by molar-refractivity contribution is 0.478. The zero-order valence-corrected chi connectivity index (χ0v) is 11.7. The molecule has 1 saturated heterocycles. The first kappa shape index (κ1) is 11.4. The lowest BCUT2D eigenvalue weighted by Crippen LogP contribution is -2.11. The van der Waals surface area contributed by atoms with Gasteiger partial charge < -0.3 is 5.11 Å². The Labute approximate surface area is 112 Å². The lowest BCUT2D eigenvalue weighted by Gasteiger charge is -2.20. The van der Waals surface area contributed by atoms with Crippen molar-refractivity contribution in [2.24, 2.45) is 0 Å². The predicted octanol–water partition coefficient (Wildman–Crippen LogP) is 3.41. The Hall–Kier alpha value is -0.680. The molecule has 2 aromatic heterocycles. The highest BCUT2D eigenvalue weighted by Gasteiger charge is 2.22. The molecule has 0 radical (unpaired) electrons. The highest BCUT2D eigenvalue weighted by molar-refractivity contribution is 9.10. The monoisotopic (exact) mass is 312 g/mol. The van der Waals surface area contributed by atoms with Crippen molar-refractivity contribution in [2.45, 2.75) is 18.8 Å². The molecule has 2 aromatic rings. The summed E-state index contributed by atoms with van der Waals surface area (Å²) in [5.74, 6) is 4.27. The number of thioether (sulfide) groups is 1. The summed E-state index contributed by atoms with van der Waals surface area (Å²) in [5.41, 5.74) is 0.778. The van der Waals surface area contributed by atoms with Crippen LogP contribution in [0.2, 0.25) is 0 Å². The van der Waals surface area contributed by atoms with Gasteiger partial charge in [0.25, 0.3) is 0 Å². The minimum Gasteiger partial charge on any atom is -0.506 e. The molecule has 3 rings (SSSR count). The Morgan fingerprint density at radius 2 is 2.18 bits per heavy atom. The molecule has 1 aliphatic heterocycles. The molecule has 3 nitrogen and oxygen atoms in total. The summed E-state index contributed by atoms with van der Waals surface area (Å²) in [6.07, 6.45) is 4.32. The van der Waals surface area contributed by atoms with Crippen molar-refractivity contribution in [1.82, 2.24) is 9.38 Å². The molecule has 1 N–H and O–H groups in total. The van der Waals surface area contributed by atoms with E-state index in [1.54, 1.807) is 6.07 Å². The van der Waals surface area contributed by atoms with Crippen LogP contribution in [0.15, 0.2) is 22.9 Å². The first-order valence-electron chi connectivity index (χ1n) is 5.70. The average Bonchev–Trinajstić information content (AvgIpc) is 2.69. The number of fused-ring (bicyclic) bond motifs is 1. The van der Waals surface area contributed by atoms with Crippen LogP contribution >= 0.6 is 27.7 Å². The van der Waals surface area contributed by atoms with Crippen molar-refractivity contribution >= 4 is 33.2 Å². The van der Waals surface area contributed by atoms with Crippen molar-refractivity contribution in [3.63, 3.8) is 0 Å². The van der Waals surface area contributed by atoms with Gasteiger partial charge in [0.2, 0.25) is 0 Å². The SMILES string of the molecule is Oc1cccn2c(C3CCSCC3)nc(Br)c12. The Morgan fingerprint density at radius 3 is 2.94 bits per heavy atom. The Morgan fingerprint density at radius 1 is 1.41 bits per heavy atom. The van der Waals surface area contributed by atoms with Gasteiger partial charge in [0.15, 0.2) is 0 Å². The first-order chi connectivity index (χ1) is 8.27. The molecule has 3 heterocycles. The summed E-state index contributed by atoms with van der Waals surface area (Å²) in [7, 11) is 0. The molecule has 5 heteroatoms. The van der Waals surface area contributed by atoms with E-state index in [9.17, 15) is 5.11 Å². The molecule has 0 spiro atoms. The number of hydrogen-bond donors (Lipinski definition) is 1. The number of halogens is 1. The second-order valence-corrected chi connectivity index (χ2v) is 6.24. The molecule has 0 unspecified atom stereocenters. The van der Waals surface area contributed by atoms with Gasteiger partial charge in [0.1, 0.15) is 21.7 Å². The second-order valence-electron chi connectivity index (χ2n) is 4.26. The van der Waals surface area contributed by atoms with Crippen LogP contribution in [-0.4, -0.2) is 26.0 Å². The fourth-order valence-corrected chi connectivity index (χ4v) is 4.03. The van der Waals surface area contributed by atoms with Crippen LogP contribution < -0.4 is 0 Å². The topological polar surface area (TPSA) is 37.5 Å². The predicted molar refractivity (Wildman–Crippen MR) is 73.9 cm³/mol. The van der Waals surface area contributed by atoms with Gasteiger partial charge in [0.05, 0.1) is 0 Å². The van der Waals surface area contributed by atoms with Crippen molar-refractivity contribution in [3.05, 3.63) is 28.8 Å². The maximum Gasteiger partial charge on any atom is 0.142 e. The van der Waals surface area contributed by atoms with Gasteiger partial charge in [-0.1, -0.05) is 0 Å². The summed E-state index contributed by atoms with van der Waals surface area (Å²) in [6.45, 7) is 0. The molecule has 0 amide bonds. The van der Waals surface area contributed by atoms with Crippen LogP contribution in [0.3, 0.4) is 0 Å². The van der Waals surface area contributed by atoms with E-state index >= 15 is 0 Å². The van der Waals surface area contributed by atoms with Crippen molar-refractivity contribution in [3.8, 4) is 5.75 Å². The van der Waals surface area contributed by atoms with Crippen molar-refractivity contribution in [2.75, 3.05) is 11.5 Å². The maximum absolute atomic E-state index is 9.87. The number of aromatic nitrogens is 2. The minimum absolute atomic E-state index is 0.281. The normalized spacial score (nSPS) is 17.7. The largest absolute Gasteiger partial charge is 0.506 e. The van der Waals surface area contributed by atoms with Gasteiger partial charge in [-0.2, -0.15) is 11.8 Å². The minimum atomic E-state index is 0.281. The molecule has 90 valence electrons. The summed E-state index contributed by atoms with van der Waals surface area (Å²) in [6, 6.07) is 3.56. The van der Waals surface area contributed by atoms with Gasteiger partial charge in [-0.25, -0.2) is 4.98 Å². The Balaban J connectivity index is 2.13. The first-order valence-corrected chi connectivity index (χ1v) is 7.65. The van der Waals surface area contributed by atoms with E-state index in [0.717, 1.165) is 15.9 Å². The van der Waals surface area contributed by atoms with Crippen LogP contribution in [0.1, 0.15) is 24.6 Å². The second kappa shape index (κ2) is 4.53. The molecular formula is C12H13BrN2OS. The van der Waals surface area contributed by atoms with Crippen LogP contribution in [0.4, 0.5) is 0 Å². The van der Waals surface area contributed by atoms with E-state index < -0.39 is 0 Å². The summed E-state index contributed by atoms with van der Waals surface area (Å²) in [5, 5.41) is 9.87. The van der Waals surface area contributed by atoms with Crippen LogP contribution in [-0.2, 0) is 0 Å². The molecule has 0 saturated carbocycles. The third-order valence-electron chi connectivity index (χ3n) is 3.21. The van der Waals surface area contributed by atoms with Gasteiger partial charge in [-0.3, -0.25) is 4.40 Å². The van der Waals surface area contributed by atoms with E-state index in [2.05, 4.69) is 20.9 Å². The molecule has 0 bridgehead atoms. The summed E-state index contributed by atoms with van der Waals surface area (Å²) in [4.78, 5) is 4.58. The van der Waals surface area contributed by atoms with Gasteiger partial charge in [0, 0.05) is 12.1 Å². The fraction of sp³-hybridized carbons (Fsp3) is 0.417. The molecule has 1 fully saturated rings. The quantitative estimate of drug-likeness (QED) is 0.876. The number of nitrogens with zero attached hydrogens (tertiary/aromatic N) is 2. The molecular weight excluding hydrogens is 300 g/mol. The van der Waals surface area contributed by atoms with E-state index in [0.29, 0.717) is 5.92 Å². The van der Waals surface area contributed by atoms with E-state index in [1.807, 2.05) is 28.4 Å². The highest BCUT2D eigenvalue weighted by atomic mass is 79.9. The van der Waals surface area contributed by atoms with E-state index in [1.165, 1.54) is 24.3 Å². The molecule has 0 aromatic carbocycles. The number of imidazole rings is 1. The van der Waals surface area contributed by atoms with Gasteiger partial charge in [-0.15, -0.1) is 0 Å². The standard InChI is InChI=1S/C12H13BrN2OS/c13-11-10-9(16)2-1-5-15(10)12(14-11)8-3-6-17-7-4-8/h1-2,5,8,16H,3-4,6-7H2. The highest BCUT2D eigenvalue weighted by Crippen LogP contribution is 2.35. The van der Waals surface area contributed by atoms with Crippen molar-refractivity contribution in [1.29, 1.82) is 0 Å². The van der Waals surface area contributed by atoms with Crippen LogP contribution in [0.25, 0.3) is 5.52 Å². The van der Waals surface area contributed by atoms with Gasteiger partial charge >= 0.3 is 0 Å². The van der Waals surface area contributed by atoms with E-state index in [4.69, 9.17) is 0 Å². The van der Waals surface area contributed by atoms with Crippen molar-refractivity contribution < 1.29 is 5.11 Å². The lowest BCUT2D eigenvalue weighted by atomic mass is 10.0. The molecule has 17 heavy (non-hydrogen) atoms.